The van der Waals surface area contributed by atoms with Gasteiger partial charge >= 0.3 is 0 Å². The van der Waals surface area contributed by atoms with Crippen molar-refractivity contribution in [1.82, 2.24) is 14.9 Å². The van der Waals surface area contributed by atoms with Crippen molar-refractivity contribution in [2.45, 2.75) is 6.54 Å². The highest BCUT2D eigenvalue weighted by Gasteiger charge is 2.17. The molecule has 1 aromatic carbocycles. The van der Waals surface area contributed by atoms with Crippen LogP contribution in [0.25, 0.3) is 0 Å². The number of aromatic nitrogens is 2. The molecule has 2 aromatic heterocycles. The van der Waals surface area contributed by atoms with Gasteiger partial charge in [0.15, 0.2) is 0 Å². The maximum Gasteiger partial charge on any atom is 0.215 e. The number of rotatable bonds is 8. The van der Waals surface area contributed by atoms with Gasteiger partial charge in [0.2, 0.25) is 5.78 Å². The van der Waals surface area contributed by atoms with E-state index in [0.717, 1.165) is 18.9 Å². The summed E-state index contributed by atoms with van der Waals surface area (Å²) in [6.45, 7) is 2.36. The summed E-state index contributed by atoms with van der Waals surface area (Å²) in [5.74, 6) is 0.702. The molecule has 0 atom stereocenters. The van der Waals surface area contributed by atoms with Gasteiger partial charge in [-0.1, -0.05) is 36.4 Å². The Kier molecular flexibility index (Phi) is 6.95. The highest BCUT2D eigenvalue weighted by Crippen LogP contribution is 2.21. The predicted molar refractivity (Wildman–Crippen MR) is 120 cm³/mol. The number of pyridine rings is 2. The fraction of sp³-hybridized carbons (Fsp3) is 0.227. The number of likely N-dealkylation sites (N-methyl/N-ethyl adjacent to an activating group) is 1. The lowest BCUT2D eigenvalue weighted by atomic mass is 10.1. The molecule has 0 fully saturated rings. The molecule has 7 heteroatoms. The van der Waals surface area contributed by atoms with E-state index in [1.165, 1.54) is 5.56 Å². The number of nitrogens with two attached hydrogens (primary N) is 1. The Balaban J connectivity index is 1.90. The van der Waals surface area contributed by atoms with Crippen LogP contribution in [0.2, 0.25) is 0 Å². The van der Waals surface area contributed by atoms with Gasteiger partial charge in [0, 0.05) is 30.3 Å². The fourth-order valence-corrected chi connectivity index (χ4v) is 3.23. The van der Waals surface area contributed by atoms with Crippen molar-refractivity contribution in [1.29, 1.82) is 0 Å². The molecule has 0 aliphatic carbocycles. The van der Waals surface area contributed by atoms with E-state index in [9.17, 15) is 4.79 Å². The van der Waals surface area contributed by atoms with Crippen molar-refractivity contribution >= 4 is 33.3 Å². The van der Waals surface area contributed by atoms with E-state index in [2.05, 4.69) is 47.8 Å². The molecule has 2 N–H and O–H groups in total. The molecule has 3 rings (SSSR count). The lowest BCUT2D eigenvalue weighted by Gasteiger charge is -2.26. The van der Waals surface area contributed by atoms with Gasteiger partial charge < -0.3 is 15.5 Å². The number of nitrogens with zero attached hydrogens (tertiary/aromatic N) is 4. The minimum atomic E-state index is -0.245. The summed E-state index contributed by atoms with van der Waals surface area (Å²) in [5.41, 5.74) is 7.78. The van der Waals surface area contributed by atoms with Gasteiger partial charge in [0.25, 0.3) is 0 Å². The first kappa shape index (κ1) is 21.0. The third-order valence-electron chi connectivity index (χ3n) is 4.45. The molecule has 150 valence electrons. The van der Waals surface area contributed by atoms with Crippen LogP contribution in [0.15, 0.2) is 65.3 Å². The van der Waals surface area contributed by atoms with E-state index in [1.807, 2.05) is 44.4 Å². The summed E-state index contributed by atoms with van der Waals surface area (Å²) >= 11 is 3.34. The van der Waals surface area contributed by atoms with Crippen LogP contribution < -0.4 is 10.6 Å². The molecule has 0 saturated carbocycles. The Hall–Kier alpha value is -2.77. The number of anilines is 2. The molecule has 6 nitrogen and oxygen atoms in total. The van der Waals surface area contributed by atoms with E-state index in [1.54, 1.807) is 18.3 Å². The average Bonchev–Trinajstić information content (AvgIpc) is 2.73. The Morgan fingerprint density at radius 3 is 2.55 bits per heavy atom. The summed E-state index contributed by atoms with van der Waals surface area (Å²) in [6.07, 6.45) is 1.57. The predicted octanol–water partition coefficient (Wildman–Crippen LogP) is 3.62. The molecule has 0 spiro atoms. The van der Waals surface area contributed by atoms with Crippen LogP contribution in [0.3, 0.4) is 0 Å². The summed E-state index contributed by atoms with van der Waals surface area (Å²) in [5, 5.41) is 0. The molecule has 2 heterocycles. The second-order valence-corrected chi connectivity index (χ2v) is 7.92. The van der Waals surface area contributed by atoms with Crippen molar-refractivity contribution in [3.05, 3.63) is 82.1 Å². The number of hydrogen-bond donors (Lipinski definition) is 1. The molecule has 0 aliphatic heterocycles. The lowest BCUT2D eigenvalue weighted by Crippen LogP contribution is -2.32. The maximum atomic E-state index is 13.0. The van der Waals surface area contributed by atoms with Crippen molar-refractivity contribution in [3.63, 3.8) is 0 Å². The zero-order valence-corrected chi connectivity index (χ0v) is 18.1. The molecular formula is C22H24BrN5O. The standard InChI is InChI=1S/C22H24BrN5O/c1-27(2)11-12-28(15-16-7-4-3-5-8-16)20-10-6-9-19(26-20)21(29)18-13-17(23)14-25-22(18)24/h3-10,13-14H,11-12,15H2,1-2H3,(H2,24,25). The smallest absolute Gasteiger partial charge is 0.215 e. The molecule has 29 heavy (non-hydrogen) atoms. The Bertz CT molecular complexity index is 978. The fourth-order valence-electron chi connectivity index (χ4n) is 2.89. The van der Waals surface area contributed by atoms with E-state index in [0.29, 0.717) is 22.3 Å². The van der Waals surface area contributed by atoms with Crippen LogP contribution in [-0.4, -0.2) is 47.8 Å². The lowest BCUT2D eigenvalue weighted by molar-refractivity contribution is 0.103. The Morgan fingerprint density at radius 1 is 1.07 bits per heavy atom. The minimum absolute atomic E-state index is 0.194. The zero-order valence-electron chi connectivity index (χ0n) is 16.5. The van der Waals surface area contributed by atoms with E-state index in [-0.39, 0.29) is 11.6 Å². The van der Waals surface area contributed by atoms with Crippen molar-refractivity contribution in [2.24, 2.45) is 0 Å². The normalized spacial score (nSPS) is 10.9. The van der Waals surface area contributed by atoms with Crippen molar-refractivity contribution in [3.8, 4) is 0 Å². The minimum Gasteiger partial charge on any atom is -0.383 e. The molecule has 0 unspecified atom stereocenters. The van der Waals surface area contributed by atoms with Crippen LogP contribution in [0.4, 0.5) is 11.6 Å². The first-order valence-electron chi connectivity index (χ1n) is 9.30. The van der Waals surface area contributed by atoms with E-state index < -0.39 is 0 Å². The van der Waals surface area contributed by atoms with Crippen molar-refractivity contribution in [2.75, 3.05) is 37.8 Å². The number of carbonyl (C=O) groups excluding carboxylic acids is 1. The van der Waals surface area contributed by atoms with E-state index in [4.69, 9.17) is 5.73 Å². The second-order valence-electron chi connectivity index (χ2n) is 7.01. The van der Waals surface area contributed by atoms with Gasteiger partial charge in [0.05, 0.1) is 5.56 Å². The molecule has 3 aromatic rings. The molecular weight excluding hydrogens is 430 g/mol. The van der Waals surface area contributed by atoms with Crippen LogP contribution in [0.5, 0.6) is 0 Å². The third-order valence-corrected chi connectivity index (χ3v) is 4.89. The van der Waals surface area contributed by atoms with Gasteiger partial charge in [-0.05, 0) is 53.8 Å². The molecule has 0 aliphatic rings. The quantitative estimate of drug-likeness (QED) is 0.524. The molecule has 0 amide bonds. The summed E-state index contributed by atoms with van der Waals surface area (Å²) in [6, 6.07) is 17.4. The summed E-state index contributed by atoms with van der Waals surface area (Å²) in [4.78, 5) is 26.0. The number of halogens is 1. The Labute approximate surface area is 179 Å². The monoisotopic (exact) mass is 453 g/mol. The van der Waals surface area contributed by atoms with Crippen LogP contribution in [-0.2, 0) is 6.54 Å². The summed E-state index contributed by atoms with van der Waals surface area (Å²) < 4.78 is 0.697. The SMILES string of the molecule is CN(C)CCN(Cc1ccccc1)c1cccc(C(=O)c2cc(Br)cnc2N)n1. The number of carbonyl (C=O) groups is 1. The highest BCUT2D eigenvalue weighted by atomic mass is 79.9. The first-order valence-corrected chi connectivity index (χ1v) is 10.1. The highest BCUT2D eigenvalue weighted by molar-refractivity contribution is 9.10. The second kappa shape index (κ2) is 9.62. The number of ketones is 1. The molecule has 0 bridgehead atoms. The molecule has 0 radical (unpaired) electrons. The number of hydrogen-bond acceptors (Lipinski definition) is 6. The summed E-state index contributed by atoms with van der Waals surface area (Å²) in [7, 11) is 4.08. The molecule has 0 saturated heterocycles. The zero-order chi connectivity index (χ0) is 20.8. The van der Waals surface area contributed by atoms with Crippen LogP contribution >= 0.6 is 15.9 Å². The number of nitrogen functional groups attached to an aromatic ring is 1. The third kappa shape index (κ3) is 5.62. The van der Waals surface area contributed by atoms with Crippen LogP contribution in [0.1, 0.15) is 21.6 Å². The van der Waals surface area contributed by atoms with Gasteiger partial charge in [-0.15, -0.1) is 0 Å². The van der Waals surface area contributed by atoms with Crippen LogP contribution in [0, 0.1) is 0 Å². The van der Waals surface area contributed by atoms with Gasteiger partial charge in [-0.3, -0.25) is 4.79 Å². The average molecular weight is 454 g/mol. The van der Waals surface area contributed by atoms with Crippen molar-refractivity contribution < 1.29 is 4.79 Å². The maximum absolute atomic E-state index is 13.0. The van der Waals surface area contributed by atoms with Gasteiger partial charge in [-0.2, -0.15) is 0 Å². The first-order chi connectivity index (χ1) is 13.9. The largest absolute Gasteiger partial charge is 0.383 e. The van der Waals surface area contributed by atoms with Gasteiger partial charge in [-0.25, -0.2) is 9.97 Å². The van der Waals surface area contributed by atoms with Gasteiger partial charge in [0.1, 0.15) is 17.3 Å². The van der Waals surface area contributed by atoms with E-state index >= 15 is 0 Å². The topological polar surface area (TPSA) is 75.3 Å². The Morgan fingerprint density at radius 2 is 1.83 bits per heavy atom. The number of benzene rings is 1.